The molecular formula is C28H27F8NO5S. The summed E-state index contributed by atoms with van der Waals surface area (Å²) in [5, 5.41) is 9.22. The Morgan fingerprint density at radius 2 is 1.35 bits per heavy atom. The molecule has 2 aromatic carbocycles. The number of carbonyl (C=O) groups is 2. The first-order valence-electron chi connectivity index (χ1n) is 13.2. The average molecular weight is 642 g/mol. The van der Waals surface area contributed by atoms with Gasteiger partial charge in [0.2, 0.25) is 5.91 Å². The Bertz CT molecular complexity index is 1440. The van der Waals surface area contributed by atoms with Crippen molar-refractivity contribution in [3.8, 4) is 0 Å². The van der Waals surface area contributed by atoms with E-state index in [-0.39, 0.29) is 61.6 Å². The van der Waals surface area contributed by atoms with Gasteiger partial charge in [0.25, 0.3) is 0 Å². The first-order valence-corrected chi connectivity index (χ1v) is 14.9. The van der Waals surface area contributed by atoms with Gasteiger partial charge in [0.1, 0.15) is 5.82 Å². The highest BCUT2D eigenvalue weighted by molar-refractivity contribution is 7.91. The van der Waals surface area contributed by atoms with E-state index in [1.165, 1.54) is 4.90 Å². The Kier molecular flexibility index (Phi) is 8.63. The van der Waals surface area contributed by atoms with E-state index in [0.29, 0.717) is 12.1 Å². The van der Waals surface area contributed by atoms with Gasteiger partial charge in [0, 0.05) is 30.0 Å². The monoisotopic (exact) mass is 641 g/mol. The number of rotatable bonds is 7. The predicted octanol–water partition coefficient (Wildman–Crippen LogP) is 5.95. The molecule has 1 aliphatic carbocycles. The molecule has 4 rings (SSSR count). The van der Waals surface area contributed by atoms with Crippen molar-refractivity contribution in [3.63, 3.8) is 0 Å². The number of carbonyl (C=O) groups excluding carboxylic acids is 1. The van der Waals surface area contributed by atoms with Crippen molar-refractivity contribution in [2.75, 3.05) is 18.8 Å². The number of amides is 1. The van der Waals surface area contributed by atoms with Crippen LogP contribution in [0.4, 0.5) is 35.1 Å². The van der Waals surface area contributed by atoms with Crippen molar-refractivity contribution in [1.29, 1.82) is 0 Å². The minimum absolute atomic E-state index is 0.00344. The van der Waals surface area contributed by atoms with E-state index in [4.69, 9.17) is 0 Å². The number of hydrogen-bond donors (Lipinski definition) is 1. The fourth-order valence-corrected chi connectivity index (χ4v) is 7.82. The van der Waals surface area contributed by atoms with Gasteiger partial charge in [-0.2, -0.15) is 26.3 Å². The van der Waals surface area contributed by atoms with Crippen molar-refractivity contribution >= 4 is 21.7 Å². The zero-order valence-electron chi connectivity index (χ0n) is 22.4. The lowest BCUT2D eigenvalue weighted by atomic mass is 9.80. The summed E-state index contributed by atoms with van der Waals surface area (Å²) < 4.78 is 135. The fourth-order valence-electron chi connectivity index (χ4n) is 5.97. The van der Waals surface area contributed by atoms with Crippen LogP contribution in [0.3, 0.4) is 0 Å². The number of sulfone groups is 1. The van der Waals surface area contributed by atoms with Gasteiger partial charge in [-0.3, -0.25) is 9.59 Å². The maximum Gasteiger partial charge on any atom is 0.435 e. The van der Waals surface area contributed by atoms with E-state index in [1.807, 2.05) is 0 Å². The lowest BCUT2D eigenvalue weighted by molar-refractivity contribution is -0.348. The van der Waals surface area contributed by atoms with Crippen molar-refractivity contribution < 1.29 is 58.2 Å². The summed E-state index contributed by atoms with van der Waals surface area (Å²) in [7, 11) is -4.25. The van der Waals surface area contributed by atoms with E-state index >= 15 is 0 Å². The Balaban J connectivity index is 1.69. The molecular weight excluding hydrogens is 614 g/mol. The second kappa shape index (κ2) is 11.4. The molecule has 1 saturated heterocycles. The van der Waals surface area contributed by atoms with Crippen molar-refractivity contribution in [2.45, 2.75) is 60.4 Å². The van der Waals surface area contributed by atoms with E-state index in [0.717, 1.165) is 36.4 Å². The van der Waals surface area contributed by atoms with Gasteiger partial charge in [-0.1, -0.05) is 24.3 Å². The number of alkyl halides is 7. The molecule has 2 fully saturated rings. The van der Waals surface area contributed by atoms with Crippen LogP contribution >= 0.6 is 0 Å². The van der Waals surface area contributed by atoms with E-state index in [9.17, 15) is 58.2 Å². The summed E-state index contributed by atoms with van der Waals surface area (Å²) >= 11 is 0. The molecule has 1 atom stereocenters. The predicted molar refractivity (Wildman–Crippen MR) is 136 cm³/mol. The Morgan fingerprint density at radius 3 is 1.84 bits per heavy atom. The van der Waals surface area contributed by atoms with Crippen molar-refractivity contribution in [2.24, 2.45) is 11.8 Å². The molecule has 0 spiro atoms. The van der Waals surface area contributed by atoms with Crippen LogP contribution in [0.2, 0.25) is 0 Å². The van der Waals surface area contributed by atoms with Crippen LogP contribution in [0.1, 0.15) is 43.2 Å². The lowest BCUT2D eigenvalue weighted by Gasteiger charge is -2.33. The third kappa shape index (κ3) is 6.22. The third-order valence-corrected chi connectivity index (χ3v) is 10.3. The zero-order valence-corrected chi connectivity index (χ0v) is 23.2. The van der Waals surface area contributed by atoms with Crippen molar-refractivity contribution in [1.82, 2.24) is 4.90 Å². The first-order chi connectivity index (χ1) is 19.8. The number of hydrogen-bond acceptors (Lipinski definition) is 4. The lowest BCUT2D eigenvalue weighted by Crippen LogP contribution is -2.50. The molecule has 1 heterocycles. The number of likely N-dealkylation sites (tertiary alicyclic amines) is 1. The van der Waals surface area contributed by atoms with Gasteiger partial charge in [-0.15, -0.1) is 0 Å². The van der Waals surface area contributed by atoms with Gasteiger partial charge < -0.3 is 10.0 Å². The van der Waals surface area contributed by atoms with Crippen LogP contribution < -0.4 is 0 Å². The summed E-state index contributed by atoms with van der Waals surface area (Å²) in [6.45, 7) is -0.277. The minimum Gasteiger partial charge on any atom is -0.481 e. The Morgan fingerprint density at radius 1 is 0.837 bits per heavy atom. The van der Waals surface area contributed by atoms with Crippen LogP contribution in [0.25, 0.3) is 0 Å². The maximum atomic E-state index is 14.7. The van der Waals surface area contributed by atoms with Gasteiger partial charge in [-0.25, -0.2) is 17.2 Å². The van der Waals surface area contributed by atoms with Crippen LogP contribution in [0.5, 0.6) is 0 Å². The molecule has 1 amide bonds. The second-order valence-corrected chi connectivity index (χ2v) is 13.1. The molecule has 0 radical (unpaired) electrons. The SMILES string of the molecule is O=C(O)C1CCC(C(=O)N2CC[C@@](CS(=O)(=O)c3ccc(F)cc3)(c3ccc(C(F)(C(F)(F)F)C(F)(F)F)cc3)C2)CC1. The molecule has 2 aliphatic rings. The molecule has 1 N–H and O–H groups in total. The Hall–Kier alpha value is -3.23. The largest absolute Gasteiger partial charge is 0.481 e. The smallest absolute Gasteiger partial charge is 0.435 e. The second-order valence-electron chi connectivity index (χ2n) is 11.1. The molecule has 0 aromatic heterocycles. The molecule has 1 saturated carbocycles. The summed E-state index contributed by atoms with van der Waals surface area (Å²) in [6.07, 6.45) is -11.7. The number of benzene rings is 2. The molecule has 0 unspecified atom stereocenters. The third-order valence-electron chi connectivity index (χ3n) is 8.41. The van der Waals surface area contributed by atoms with E-state index in [1.54, 1.807) is 0 Å². The topological polar surface area (TPSA) is 91.8 Å². The highest BCUT2D eigenvalue weighted by Crippen LogP contribution is 2.53. The highest BCUT2D eigenvalue weighted by Gasteiger charge is 2.73. The average Bonchev–Trinajstić information content (AvgIpc) is 3.35. The normalized spacial score (nSPS) is 23.8. The number of aliphatic carboxylic acids is 1. The van der Waals surface area contributed by atoms with Gasteiger partial charge in [0.05, 0.1) is 16.6 Å². The molecule has 2 aromatic rings. The zero-order chi connectivity index (χ0) is 32.0. The van der Waals surface area contributed by atoms with E-state index in [2.05, 4.69) is 0 Å². The molecule has 1 aliphatic heterocycles. The summed E-state index contributed by atoms with van der Waals surface area (Å²) in [5.41, 5.74) is -8.97. The molecule has 43 heavy (non-hydrogen) atoms. The molecule has 6 nitrogen and oxygen atoms in total. The van der Waals surface area contributed by atoms with Crippen LogP contribution in [0.15, 0.2) is 53.4 Å². The standard InChI is InChI=1S/C28H27F8NO5S/c29-21-9-11-22(12-10-21)43(41,42)16-25(13-14-37(15-25)23(38)17-1-3-18(4-2-17)24(39)40)19-5-7-20(8-6-19)26(30,27(31,32)33)28(34,35)36/h5-12,17-18H,1-4,13-16H2,(H,39,40)/t17?,18?,25-/m1/s1. The highest BCUT2D eigenvalue weighted by atomic mass is 32.2. The summed E-state index contributed by atoms with van der Waals surface area (Å²) in [6, 6.07) is 6.03. The molecule has 236 valence electrons. The Labute approximate surface area is 241 Å². The minimum atomic E-state index is -6.34. The van der Waals surface area contributed by atoms with Crippen LogP contribution in [-0.2, 0) is 30.5 Å². The molecule has 15 heteroatoms. The summed E-state index contributed by atoms with van der Waals surface area (Å²) in [5.74, 6) is -3.96. The van der Waals surface area contributed by atoms with Gasteiger partial charge >= 0.3 is 24.0 Å². The van der Waals surface area contributed by atoms with Gasteiger partial charge in [-0.05, 0) is 61.9 Å². The fraction of sp³-hybridized carbons (Fsp3) is 0.500. The number of halogens is 8. The van der Waals surface area contributed by atoms with Gasteiger partial charge in [0.15, 0.2) is 9.84 Å². The molecule has 0 bridgehead atoms. The van der Waals surface area contributed by atoms with Crippen molar-refractivity contribution in [3.05, 3.63) is 65.5 Å². The van der Waals surface area contributed by atoms with E-state index < -0.39 is 68.2 Å². The first kappa shape index (κ1) is 32.7. The maximum absolute atomic E-state index is 14.7. The van der Waals surface area contributed by atoms with Crippen LogP contribution in [-0.4, -0.2) is 61.5 Å². The number of carboxylic acids is 1. The quantitative estimate of drug-likeness (QED) is 0.298. The number of carboxylic acid groups (broad SMARTS) is 1. The number of nitrogens with zero attached hydrogens (tertiary/aromatic N) is 1. The summed E-state index contributed by atoms with van der Waals surface area (Å²) in [4.78, 5) is 25.7. The van der Waals surface area contributed by atoms with Crippen LogP contribution in [0, 0.1) is 17.7 Å².